The summed E-state index contributed by atoms with van der Waals surface area (Å²) in [5.41, 5.74) is 4.69. The van der Waals surface area contributed by atoms with Gasteiger partial charge < -0.3 is 5.73 Å². The smallest absolute Gasteiger partial charge is 0.245 e. The fourth-order valence-corrected chi connectivity index (χ4v) is 1.19. The van der Waals surface area contributed by atoms with Gasteiger partial charge in [0.05, 0.1) is 5.54 Å². The van der Waals surface area contributed by atoms with Gasteiger partial charge in [-0.1, -0.05) is 11.3 Å². The molecule has 1 aromatic heterocycles. The highest BCUT2D eigenvalue weighted by Crippen LogP contribution is 2.14. The number of rotatable bonds is 2. The molecule has 0 aliphatic heterocycles. The molecule has 0 aliphatic carbocycles. The van der Waals surface area contributed by atoms with E-state index in [9.17, 15) is 4.79 Å². The van der Waals surface area contributed by atoms with Gasteiger partial charge in [0.25, 0.3) is 0 Å². The summed E-state index contributed by atoms with van der Waals surface area (Å²) in [6.07, 6.45) is 0. The number of carbonyl (C=O) groups is 1. The van der Waals surface area contributed by atoms with E-state index >= 15 is 0 Å². The topological polar surface area (TPSA) is 80.9 Å². The minimum Gasteiger partial charge on any atom is -0.318 e. The summed E-state index contributed by atoms with van der Waals surface area (Å²) in [6.45, 7) is 5.09. The van der Waals surface area contributed by atoms with Crippen LogP contribution in [0.4, 0.5) is 5.13 Å². The van der Waals surface area contributed by atoms with Crippen LogP contribution < -0.4 is 11.1 Å². The molecule has 5 nitrogen and oxygen atoms in total. The molecule has 0 saturated heterocycles. The summed E-state index contributed by atoms with van der Waals surface area (Å²) >= 11 is 1.32. The average Bonchev–Trinajstić information content (AvgIpc) is 2.33. The minimum absolute atomic E-state index is 0.261. The first kappa shape index (κ1) is 10.1. The Kier molecular flexibility index (Phi) is 2.63. The van der Waals surface area contributed by atoms with Crippen LogP contribution >= 0.6 is 11.3 Å². The molecule has 1 heterocycles. The number of hydrogen-bond acceptors (Lipinski definition) is 5. The summed E-state index contributed by atoms with van der Waals surface area (Å²) in [7, 11) is 0. The number of aromatic nitrogens is 2. The van der Waals surface area contributed by atoms with E-state index in [1.165, 1.54) is 11.3 Å². The second-order valence-corrected chi connectivity index (χ2v) is 4.48. The summed E-state index contributed by atoms with van der Waals surface area (Å²) in [5.74, 6) is -0.261. The molecule has 1 amide bonds. The Morgan fingerprint density at radius 2 is 2.15 bits per heavy atom. The van der Waals surface area contributed by atoms with Crippen molar-refractivity contribution in [2.24, 2.45) is 5.73 Å². The third-order valence-corrected chi connectivity index (χ3v) is 2.09. The lowest BCUT2D eigenvalue weighted by molar-refractivity contribution is -0.120. The molecule has 1 aromatic rings. The molecule has 1 rings (SSSR count). The first-order valence-corrected chi connectivity index (χ1v) is 4.61. The lowest BCUT2D eigenvalue weighted by Crippen LogP contribution is -2.45. The van der Waals surface area contributed by atoms with E-state index in [-0.39, 0.29) is 5.91 Å². The van der Waals surface area contributed by atoms with Gasteiger partial charge >= 0.3 is 0 Å². The van der Waals surface area contributed by atoms with Gasteiger partial charge in [0, 0.05) is 0 Å². The Morgan fingerprint density at radius 3 is 2.54 bits per heavy atom. The molecule has 0 spiro atoms. The maximum absolute atomic E-state index is 11.3. The Hall–Kier alpha value is -1.01. The Labute approximate surface area is 80.4 Å². The van der Waals surface area contributed by atoms with Crippen LogP contribution in [0.25, 0.3) is 0 Å². The molecule has 3 N–H and O–H groups in total. The third kappa shape index (κ3) is 2.74. The van der Waals surface area contributed by atoms with Gasteiger partial charge in [-0.05, 0) is 20.8 Å². The van der Waals surface area contributed by atoms with Crippen LogP contribution in [0.2, 0.25) is 0 Å². The quantitative estimate of drug-likeness (QED) is 0.729. The van der Waals surface area contributed by atoms with Crippen LogP contribution in [0.3, 0.4) is 0 Å². The molecule has 0 fully saturated rings. The first-order chi connectivity index (χ1) is 5.89. The molecule has 0 saturated carbocycles. The van der Waals surface area contributed by atoms with E-state index in [0.717, 1.165) is 5.01 Å². The molecule has 0 radical (unpaired) electrons. The van der Waals surface area contributed by atoms with Gasteiger partial charge in [0.1, 0.15) is 5.01 Å². The largest absolute Gasteiger partial charge is 0.318 e. The number of nitrogens with zero attached hydrogens (tertiary/aromatic N) is 2. The highest BCUT2D eigenvalue weighted by molar-refractivity contribution is 7.15. The summed E-state index contributed by atoms with van der Waals surface area (Å²) in [6, 6.07) is 0. The second-order valence-electron chi connectivity index (χ2n) is 3.30. The van der Waals surface area contributed by atoms with Crippen molar-refractivity contribution in [2.45, 2.75) is 26.3 Å². The van der Waals surface area contributed by atoms with Crippen molar-refractivity contribution in [1.82, 2.24) is 10.2 Å². The number of aryl methyl sites for hydroxylation is 1. The normalized spacial score (nSPS) is 11.4. The van der Waals surface area contributed by atoms with Gasteiger partial charge in [0.15, 0.2) is 0 Å². The fraction of sp³-hybridized carbons (Fsp3) is 0.571. The Bertz CT molecular complexity index is 315. The van der Waals surface area contributed by atoms with Crippen LogP contribution in [0, 0.1) is 6.92 Å². The third-order valence-electron chi connectivity index (χ3n) is 1.33. The zero-order valence-electron chi connectivity index (χ0n) is 7.79. The SMILES string of the molecule is Cc1nnc(NC(=O)C(C)(C)N)s1. The number of amides is 1. The van der Waals surface area contributed by atoms with Crippen molar-refractivity contribution >= 4 is 22.4 Å². The Morgan fingerprint density at radius 1 is 1.54 bits per heavy atom. The zero-order chi connectivity index (χ0) is 10.1. The van der Waals surface area contributed by atoms with Crippen molar-refractivity contribution < 1.29 is 4.79 Å². The van der Waals surface area contributed by atoms with Crippen molar-refractivity contribution in [3.8, 4) is 0 Å². The first-order valence-electron chi connectivity index (χ1n) is 3.80. The average molecular weight is 200 g/mol. The number of hydrogen-bond donors (Lipinski definition) is 2. The van der Waals surface area contributed by atoms with Gasteiger partial charge in [-0.3, -0.25) is 10.1 Å². The van der Waals surface area contributed by atoms with E-state index < -0.39 is 5.54 Å². The van der Waals surface area contributed by atoms with Crippen molar-refractivity contribution in [2.75, 3.05) is 5.32 Å². The predicted octanol–water partition coefficient (Wildman–Crippen LogP) is 0.522. The van der Waals surface area contributed by atoms with Gasteiger partial charge in [-0.15, -0.1) is 10.2 Å². The standard InChI is InChI=1S/C7H12N4OS/c1-4-10-11-6(13-4)9-5(12)7(2,3)8/h8H2,1-3H3,(H,9,11,12). The van der Waals surface area contributed by atoms with Gasteiger partial charge in [0.2, 0.25) is 11.0 Å². The van der Waals surface area contributed by atoms with E-state index in [2.05, 4.69) is 15.5 Å². The predicted molar refractivity (Wildman–Crippen MR) is 51.5 cm³/mol. The van der Waals surface area contributed by atoms with E-state index in [4.69, 9.17) is 5.73 Å². The minimum atomic E-state index is -0.889. The van der Waals surface area contributed by atoms with Crippen LogP contribution in [0.15, 0.2) is 0 Å². The number of carbonyl (C=O) groups excluding carboxylic acids is 1. The number of anilines is 1. The van der Waals surface area contributed by atoms with E-state index in [1.807, 2.05) is 6.92 Å². The van der Waals surface area contributed by atoms with Crippen LogP contribution in [0.1, 0.15) is 18.9 Å². The molecule has 0 aliphatic rings. The second kappa shape index (κ2) is 3.39. The lowest BCUT2D eigenvalue weighted by atomic mass is 10.1. The fourth-order valence-electron chi connectivity index (χ4n) is 0.605. The van der Waals surface area contributed by atoms with Gasteiger partial charge in [-0.2, -0.15) is 0 Å². The van der Waals surface area contributed by atoms with E-state index in [0.29, 0.717) is 5.13 Å². The molecule has 0 aromatic carbocycles. The molecule has 72 valence electrons. The van der Waals surface area contributed by atoms with Crippen molar-refractivity contribution in [1.29, 1.82) is 0 Å². The summed E-state index contributed by atoms with van der Waals surface area (Å²) < 4.78 is 0. The number of nitrogens with one attached hydrogen (secondary N) is 1. The monoisotopic (exact) mass is 200 g/mol. The van der Waals surface area contributed by atoms with Crippen molar-refractivity contribution in [3.63, 3.8) is 0 Å². The van der Waals surface area contributed by atoms with E-state index in [1.54, 1.807) is 13.8 Å². The molecular weight excluding hydrogens is 188 g/mol. The molecule has 13 heavy (non-hydrogen) atoms. The highest BCUT2D eigenvalue weighted by Gasteiger charge is 2.22. The maximum atomic E-state index is 11.3. The number of nitrogens with two attached hydrogens (primary N) is 1. The van der Waals surface area contributed by atoms with Crippen molar-refractivity contribution in [3.05, 3.63) is 5.01 Å². The molecule has 6 heteroatoms. The van der Waals surface area contributed by atoms with Crippen LogP contribution in [-0.4, -0.2) is 21.6 Å². The van der Waals surface area contributed by atoms with Gasteiger partial charge in [-0.25, -0.2) is 0 Å². The molecule has 0 atom stereocenters. The highest BCUT2D eigenvalue weighted by atomic mass is 32.1. The summed E-state index contributed by atoms with van der Waals surface area (Å²) in [4.78, 5) is 11.3. The summed E-state index contributed by atoms with van der Waals surface area (Å²) in [5, 5.41) is 11.4. The molecule has 0 unspecified atom stereocenters. The molecular formula is C7H12N4OS. The zero-order valence-corrected chi connectivity index (χ0v) is 8.60. The van der Waals surface area contributed by atoms with Crippen LogP contribution in [0.5, 0.6) is 0 Å². The lowest BCUT2D eigenvalue weighted by Gasteiger charge is -2.15. The molecule has 0 bridgehead atoms. The maximum Gasteiger partial charge on any atom is 0.245 e. The van der Waals surface area contributed by atoms with Crippen LogP contribution in [-0.2, 0) is 4.79 Å². The Balaban J connectivity index is 2.65.